The third-order valence-electron chi connectivity index (χ3n) is 5.05. The second-order valence-electron chi connectivity index (χ2n) is 6.80. The van der Waals surface area contributed by atoms with E-state index in [1.54, 1.807) is 19.3 Å². The minimum atomic E-state index is -0.289. The Kier molecular flexibility index (Phi) is 7.70. The first-order chi connectivity index (χ1) is 12.5. The third kappa shape index (κ3) is 5.61. The highest BCUT2D eigenvalue weighted by Gasteiger charge is 2.29. The van der Waals surface area contributed by atoms with Crippen molar-refractivity contribution in [2.45, 2.75) is 45.1 Å². The summed E-state index contributed by atoms with van der Waals surface area (Å²) in [6.45, 7) is 2.58. The minimum Gasteiger partial charge on any atom is -0.497 e. The van der Waals surface area contributed by atoms with Crippen LogP contribution < -0.4 is 4.74 Å². The van der Waals surface area contributed by atoms with Crippen LogP contribution in [-0.2, 0) is 14.3 Å². The molecule has 0 radical (unpaired) electrons. The van der Waals surface area contributed by atoms with Gasteiger partial charge in [0, 0.05) is 18.7 Å². The molecule has 5 heteroatoms. The van der Waals surface area contributed by atoms with E-state index < -0.39 is 0 Å². The van der Waals surface area contributed by atoms with Crippen molar-refractivity contribution in [1.29, 1.82) is 0 Å². The average molecular weight is 359 g/mol. The molecule has 1 aromatic carbocycles. The van der Waals surface area contributed by atoms with Crippen LogP contribution in [0.1, 0.15) is 44.6 Å². The lowest BCUT2D eigenvalue weighted by Gasteiger charge is -2.38. The largest absolute Gasteiger partial charge is 0.497 e. The van der Waals surface area contributed by atoms with Crippen LogP contribution in [0.4, 0.5) is 0 Å². The van der Waals surface area contributed by atoms with Crippen LogP contribution >= 0.6 is 0 Å². The number of nitrogens with zero attached hydrogens (tertiary/aromatic N) is 1. The fraction of sp³-hybridized carbons (Fsp3) is 0.524. The van der Waals surface area contributed by atoms with Crippen LogP contribution in [-0.4, -0.2) is 43.6 Å². The number of rotatable bonds is 7. The fourth-order valence-corrected chi connectivity index (χ4v) is 3.52. The van der Waals surface area contributed by atoms with Gasteiger partial charge in [-0.05, 0) is 42.5 Å². The molecule has 0 aliphatic heterocycles. The molecule has 2 atom stereocenters. The highest BCUT2D eigenvalue weighted by Crippen LogP contribution is 2.28. The van der Waals surface area contributed by atoms with Crippen LogP contribution in [0.25, 0.3) is 6.08 Å². The van der Waals surface area contributed by atoms with Gasteiger partial charge in [0.15, 0.2) is 0 Å². The van der Waals surface area contributed by atoms with Gasteiger partial charge < -0.3 is 14.4 Å². The molecule has 1 aromatic rings. The lowest BCUT2D eigenvalue weighted by molar-refractivity contribution is -0.142. The number of carbonyl (C=O) groups excluding carboxylic acids is 2. The molecule has 1 amide bonds. The van der Waals surface area contributed by atoms with Gasteiger partial charge in [0.05, 0.1) is 20.6 Å². The number of hydrogen-bond donors (Lipinski definition) is 0. The van der Waals surface area contributed by atoms with Gasteiger partial charge in [0.25, 0.3) is 0 Å². The van der Waals surface area contributed by atoms with E-state index in [4.69, 9.17) is 9.47 Å². The molecule has 5 nitrogen and oxygen atoms in total. The molecule has 0 bridgehead atoms. The van der Waals surface area contributed by atoms with Gasteiger partial charge in [-0.3, -0.25) is 9.59 Å². The van der Waals surface area contributed by atoms with E-state index in [1.165, 1.54) is 13.5 Å². The Hall–Kier alpha value is -2.30. The number of methoxy groups -OCH3 is 2. The maximum absolute atomic E-state index is 12.9. The van der Waals surface area contributed by atoms with Gasteiger partial charge in [-0.1, -0.05) is 31.9 Å². The van der Waals surface area contributed by atoms with E-state index in [2.05, 4.69) is 6.92 Å². The quantitative estimate of drug-likeness (QED) is 0.550. The molecule has 1 aliphatic rings. The minimum absolute atomic E-state index is 0.0597. The zero-order valence-electron chi connectivity index (χ0n) is 15.9. The van der Waals surface area contributed by atoms with Gasteiger partial charge in [0.1, 0.15) is 5.75 Å². The first kappa shape index (κ1) is 20.0. The zero-order chi connectivity index (χ0) is 18.9. The normalized spacial score (nSPS) is 20.0. The number of benzene rings is 1. The Balaban J connectivity index is 2.12. The summed E-state index contributed by atoms with van der Waals surface area (Å²) in [7, 11) is 2.99. The van der Waals surface area contributed by atoms with Crippen molar-refractivity contribution in [3.8, 4) is 5.75 Å². The van der Waals surface area contributed by atoms with Crippen molar-refractivity contribution >= 4 is 18.0 Å². The van der Waals surface area contributed by atoms with Crippen molar-refractivity contribution in [3.63, 3.8) is 0 Å². The van der Waals surface area contributed by atoms with Crippen molar-refractivity contribution < 1.29 is 19.1 Å². The fourth-order valence-electron chi connectivity index (χ4n) is 3.52. The van der Waals surface area contributed by atoms with Crippen molar-refractivity contribution in [2.24, 2.45) is 5.92 Å². The average Bonchev–Trinajstić information content (AvgIpc) is 2.67. The molecule has 2 rings (SSSR count). The SMILES string of the molecule is COC(=O)CCN(C(=O)/C=C/c1cccc(OC)c1)C1CCCCC1C. The van der Waals surface area contributed by atoms with E-state index in [9.17, 15) is 9.59 Å². The molecular formula is C21H29NO4. The molecule has 1 fully saturated rings. The van der Waals surface area contributed by atoms with Gasteiger partial charge in [-0.15, -0.1) is 0 Å². The monoisotopic (exact) mass is 359 g/mol. The Morgan fingerprint density at radius 1 is 1.23 bits per heavy atom. The number of amides is 1. The molecule has 2 unspecified atom stereocenters. The van der Waals surface area contributed by atoms with Crippen molar-refractivity contribution in [2.75, 3.05) is 20.8 Å². The lowest BCUT2D eigenvalue weighted by Crippen LogP contribution is -2.45. The number of hydrogen-bond acceptors (Lipinski definition) is 4. The molecular weight excluding hydrogens is 330 g/mol. The first-order valence-corrected chi connectivity index (χ1v) is 9.24. The summed E-state index contributed by atoms with van der Waals surface area (Å²) in [4.78, 5) is 26.3. The lowest BCUT2D eigenvalue weighted by atomic mass is 9.84. The van der Waals surface area contributed by atoms with E-state index in [1.807, 2.05) is 29.2 Å². The third-order valence-corrected chi connectivity index (χ3v) is 5.05. The summed E-state index contributed by atoms with van der Waals surface area (Å²) < 4.78 is 9.96. The number of carbonyl (C=O) groups is 2. The summed E-state index contributed by atoms with van der Waals surface area (Å²) in [6.07, 6.45) is 8.04. The van der Waals surface area contributed by atoms with E-state index >= 15 is 0 Å². The Labute approximate surface area is 156 Å². The topological polar surface area (TPSA) is 55.8 Å². The molecule has 1 aliphatic carbocycles. The van der Waals surface area contributed by atoms with Gasteiger partial charge >= 0.3 is 5.97 Å². The van der Waals surface area contributed by atoms with Crippen LogP contribution in [0, 0.1) is 5.92 Å². The predicted molar refractivity (Wildman–Crippen MR) is 102 cm³/mol. The van der Waals surface area contributed by atoms with Crippen molar-refractivity contribution in [3.05, 3.63) is 35.9 Å². The van der Waals surface area contributed by atoms with E-state index in [0.29, 0.717) is 12.5 Å². The predicted octanol–water partition coefficient (Wildman–Crippen LogP) is 3.68. The Morgan fingerprint density at radius 3 is 2.69 bits per heavy atom. The summed E-state index contributed by atoms with van der Waals surface area (Å²) in [5.74, 6) is 0.845. The van der Waals surface area contributed by atoms with Gasteiger partial charge in [-0.2, -0.15) is 0 Å². The zero-order valence-corrected chi connectivity index (χ0v) is 15.9. The van der Waals surface area contributed by atoms with Crippen LogP contribution in [0.15, 0.2) is 30.3 Å². The number of esters is 1. The van der Waals surface area contributed by atoms with Crippen molar-refractivity contribution in [1.82, 2.24) is 4.90 Å². The highest BCUT2D eigenvalue weighted by molar-refractivity contribution is 5.92. The van der Waals surface area contributed by atoms with Crippen LogP contribution in [0.5, 0.6) is 5.75 Å². The summed E-state index contributed by atoms with van der Waals surface area (Å²) in [5, 5.41) is 0. The molecule has 0 saturated heterocycles. The second kappa shape index (κ2) is 10.00. The second-order valence-corrected chi connectivity index (χ2v) is 6.80. The molecule has 0 heterocycles. The summed E-state index contributed by atoms with van der Waals surface area (Å²) >= 11 is 0. The molecule has 0 aromatic heterocycles. The summed E-state index contributed by atoms with van der Waals surface area (Å²) in [6, 6.07) is 7.74. The Bertz CT molecular complexity index is 641. The molecule has 26 heavy (non-hydrogen) atoms. The van der Waals surface area contributed by atoms with E-state index in [-0.39, 0.29) is 24.3 Å². The standard InChI is InChI=1S/C21H29NO4/c1-16-7-4-5-10-19(16)22(14-13-21(24)26-3)20(23)12-11-17-8-6-9-18(15-17)25-2/h6,8-9,11-12,15-16,19H,4-5,7,10,13-14H2,1-3H3/b12-11+. The molecule has 1 saturated carbocycles. The Morgan fingerprint density at radius 2 is 2.00 bits per heavy atom. The van der Waals surface area contributed by atoms with Gasteiger partial charge in [-0.25, -0.2) is 0 Å². The van der Waals surface area contributed by atoms with Crippen LogP contribution in [0.2, 0.25) is 0 Å². The maximum Gasteiger partial charge on any atom is 0.307 e. The number of ether oxygens (including phenoxy) is 2. The van der Waals surface area contributed by atoms with Gasteiger partial charge in [0.2, 0.25) is 5.91 Å². The molecule has 142 valence electrons. The molecule has 0 N–H and O–H groups in total. The first-order valence-electron chi connectivity index (χ1n) is 9.24. The van der Waals surface area contributed by atoms with Crippen LogP contribution in [0.3, 0.4) is 0 Å². The molecule has 0 spiro atoms. The highest BCUT2D eigenvalue weighted by atomic mass is 16.5. The smallest absolute Gasteiger partial charge is 0.307 e. The van der Waals surface area contributed by atoms with E-state index in [0.717, 1.165) is 30.6 Å². The maximum atomic E-state index is 12.9. The summed E-state index contributed by atoms with van der Waals surface area (Å²) in [5.41, 5.74) is 0.905.